The summed E-state index contributed by atoms with van der Waals surface area (Å²) in [6, 6.07) is 0.302. The van der Waals surface area contributed by atoms with Gasteiger partial charge in [-0.3, -0.25) is 4.57 Å². The lowest BCUT2D eigenvalue weighted by molar-refractivity contribution is -0.388. The van der Waals surface area contributed by atoms with Gasteiger partial charge in [-0.2, -0.15) is 0 Å². The monoisotopic (exact) mass is 267 g/mol. The van der Waals surface area contributed by atoms with E-state index in [1.807, 2.05) is 0 Å². The van der Waals surface area contributed by atoms with Crippen LogP contribution < -0.4 is 10.6 Å². The molecule has 0 amide bonds. The lowest BCUT2D eigenvalue weighted by Gasteiger charge is -2.39. The second kappa shape index (κ2) is 5.16. The van der Waals surface area contributed by atoms with Gasteiger partial charge in [0.2, 0.25) is 12.1 Å². The van der Waals surface area contributed by atoms with E-state index < -0.39 is 4.92 Å². The Hall–Kier alpha value is -1.63. The summed E-state index contributed by atoms with van der Waals surface area (Å²) in [4.78, 5) is 14.2. The second-order valence-electron chi connectivity index (χ2n) is 5.76. The van der Waals surface area contributed by atoms with Gasteiger partial charge in [0.1, 0.15) is 0 Å². The van der Waals surface area contributed by atoms with Crippen LogP contribution >= 0.6 is 0 Å². The normalized spacial score (nSPS) is 22.2. The largest absolute Gasteiger partial charge is 0.406 e. The second-order valence-corrected chi connectivity index (χ2v) is 5.76. The van der Waals surface area contributed by atoms with Crippen molar-refractivity contribution < 1.29 is 4.92 Å². The minimum atomic E-state index is -0.457. The number of nitrogens with one attached hydrogen (secondary N) is 2. The van der Waals surface area contributed by atoms with Crippen molar-refractivity contribution in [2.45, 2.75) is 32.7 Å². The third-order valence-electron chi connectivity index (χ3n) is 3.90. The molecule has 0 aliphatic carbocycles. The molecule has 7 nitrogen and oxygen atoms in total. The van der Waals surface area contributed by atoms with E-state index in [9.17, 15) is 10.1 Å². The van der Waals surface area contributed by atoms with Crippen molar-refractivity contribution in [3.05, 3.63) is 16.4 Å². The molecule has 2 rings (SSSR count). The van der Waals surface area contributed by atoms with Crippen molar-refractivity contribution in [3.63, 3.8) is 0 Å². The number of nitrogens with zero attached hydrogens (tertiary/aromatic N) is 3. The Kier molecular flexibility index (Phi) is 3.75. The molecular weight excluding hydrogens is 246 g/mol. The molecule has 1 aliphatic heterocycles. The van der Waals surface area contributed by atoms with Gasteiger partial charge in [-0.25, -0.2) is 0 Å². The Bertz CT molecular complexity index is 469. The molecule has 2 N–H and O–H groups in total. The standard InChI is InChI=1S/C12H21N5O2/c1-12(2)5-4-6-13-9(12)7-14-10-11(17(18)19)15-8-16(10)3/h8-9,13-14H,4-7H2,1-3H3. The van der Waals surface area contributed by atoms with Crippen LogP contribution in [0.15, 0.2) is 6.33 Å². The molecule has 1 atom stereocenters. The Labute approximate surface area is 112 Å². The fourth-order valence-electron chi connectivity index (χ4n) is 2.57. The third kappa shape index (κ3) is 2.86. The maximum absolute atomic E-state index is 10.9. The maximum Gasteiger partial charge on any atom is 0.406 e. The zero-order chi connectivity index (χ0) is 14.0. The van der Waals surface area contributed by atoms with Crippen molar-refractivity contribution in [1.82, 2.24) is 14.9 Å². The summed E-state index contributed by atoms with van der Waals surface area (Å²) < 4.78 is 1.65. The molecule has 1 saturated heterocycles. The fourth-order valence-corrected chi connectivity index (χ4v) is 2.57. The molecule has 7 heteroatoms. The molecule has 1 fully saturated rings. The number of piperidine rings is 1. The first-order valence-electron chi connectivity index (χ1n) is 6.55. The molecule has 1 unspecified atom stereocenters. The predicted octanol–water partition coefficient (Wildman–Crippen LogP) is 1.52. The van der Waals surface area contributed by atoms with Gasteiger partial charge >= 0.3 is 5.82 Å². The molecule has 1 aromatic rings. The van der Waals surface area contributed by atoms with Crippen molar-refractivity contribution >= 4 is 11.6 Å². The molecule has 0 aromatic carbocycles. The smallest absolute Gasteiger partial charge is 0.363 e. The SMILES string of the molecule is Cn1cnc([N+](=O)[O-])c1NCC1NCCCC1(C)C. The van der Waals surface area contributed by atoms with Crippen molar-refractivity contribution in [2.75, 3.05) is 18.4 Å². The van der Waals surface area contributed by atoms with Crippen LogP contribution in [0.3, 0.4) is 0 Å². The number of aryl methyl sites for hydroxylation is 1. The third-order valence-corrected chi connectivity index (χ3v) is 3.90. The van der Waals surface area contributed by atoms with E-state index >= 15 is 0 Å². The molecule has 0 radical (unpaired) electrons. The quantitative estimate of drug-likeness (QED) is 0.638. The Morgan fingerprint density at radius 2 is 2.42 bits per heavy atom. The molecule has 19 heavy (non-hydrogen) atoms. The minimum absolute atomic E-state index is 0.115. The Morgan fingerprint density at radius 3 is 3.05 bits per heavy atom. The maximum atomic E-state index is 10.9. The van der Waals surface area contributed by atoms with E-state index in [1.54, 1.807) is 11.6 Å². The topological polar surface area (TPSA) is 85.0 Å². The molecule has 0 spiro atoms. The van der Waals surface area contributed by atoms with Crippen molar-refractivity contribution in [3.8, 4) is 0 Å². The number of hydrogen-bond donors (Lipinski definition) is 2. The minimum Gasteiger partial charge on any atom is -0.363 e. The van der Waals surface area contributed by atoms with Gasteiger partial charge in [0.05, 0.1) is 0 Å². The van der Waals surface area contributed by atoms with Gasteiger partial charge in [-0.15, -0.1) is 0 Å². The summed E-state index contributed by atoms with van der Waals surface area (Å²) >= 11 is 0. The molecule has 0 bridgehead atoms. The molecule has 1 aromatic heterocycles. The summed E-state index contributed by atoms with van der Waals surface area (Å²) in [7, 11) is 1.75. The van der Waals surface area contributed by atoms with E-state index in [0.717, 1.165) is 6.54 Å². The average Bonchev–Trinajstić information content (AvgIpc) is 2.69. The van der Waals surface area contributed by atoms with E-state index in [-0.39, 0.29) is 11.2 Å². The number of aromatic nitrogens is 2. The number of anilines is 1. The first kappa shape index (κ1) is 13.8. The van der Waals surface area contributed by atoms with Crippen molar-refractivity contribution in [2.24, 2.45) is 12.5 Å². The molecule has 1 aliphatic rings. The van der Waals surface area contributed by atoms with Crippen LogP contribution in [-0.4, -0.2) is 33.6 Å². The van der Waals surface area contributed by atoms with E-state index in [0.29, 0.717) is 18.4 Å². The van der Waals surface area contributed by atoms with Gasteiger partial charge in [-0.05, 0) is 34.7 Å². The summed E-state index contributed by atoms with van der Waals surface area (Å²) in [5, 5.41) is 17.5. The highest BCUT2D eigenvalue weighted by Crippen LogP contribution is 2.30. The number of imidazole rings is 1. The summed E-state index contributed by atoms with van der Waals surface area (Å²) in [5.41, 5.74) is 0.193. The number of nitro groups is 1. The highest BCUT2D eigenvalue weighted by Gasteiger charge is 2.32. The lowest BCUT2D eigenvalue weighted by Crippen LogP contribution is -2.50. The first-order valence-corrected chi connectivity index (χ1v) is 6.55. The molecular formula is C12H21N5O2. The fraction of sp³-hybridized carbons (Fsp3) is 0.750. The van der Waals surface area contributed by atoms with E-state index in [1.165, 1.54) is 19.2 Å². The highest BCUT2D eigenvalue weighted by molar-refractivity contribution is 5.52. The van der Waals surface area contributed by atoms with Crippen LogP contribution in [0, 0.1) is 15.5 Å². The van der Waals surface area contributed by atoms with Gasteiger partial charge in [-0.1, -0.05) is 13.8 Å². The lowest BCUT2D eigenvalue weighted by atomic mass is 9.77. The van der Waals surface area contributed by atoms with Crippen molar-refractivity contribution in [1.29, 1.82) is 0 Å². The van der Waals surface area contributed by atoms with Crippen LogP contribution in [0.5, 0.6) is 0 Å². The van der Waals surface area contributed by atoms with Crippen LogP contribution in [0.25, 0.3) is 0 Å². The highest BCUT2D eigenvalue weighted by atomic mass is 16.6. The first-order chi connectivity index (χ1) is 8.92. The molecule has 0 saturated carbocycles. The summed E-state index contributed by atoms with van der Waals surface area (Å²) in [6.45, 7) is 6.11. The van der Waals surface area contributed by atoms with E-state index in [4.69, 9.17) is 0 Å². The van der Waals surface area contributed by atoms with Crippen LogP contribution in [0.4, 0.5) is 11.6 Å². The zero-order valence-corrected chi connectivity index (χ0v) is 11.6. The van der Waals surface area contributed by atoms with Crippen LogP contribution in [0.2, 0.25) is 0 Å². The van der Waals surface area contributed by atoms with Gasteiger partial charge in [0.25, 0.3) is 0 Å². The van der Waals surface area contributed by atoms with Gasteiger partial charge in [0, 0.05) is 19.6 Å². The molecule has 2 heterocycles. The average molecular weight is 267 g/mol. The van der Waals surface area contributed by atoms with Crippen LogP contribution in [0.1, 0.15) is 26.7 Å². The Balaban J connectivity index is 2.06. The van der Waals surface area contributed by atoms with Crippen LogP contribution in [-0.2, 0) is 7.05 Å². The number of rotatable bonds is 4. The summed E-state index contributed by atoms with van der Waals surface area (Å²) in [6.07, 6.45) is 3.80. The molecule has 106 valence electrons. The van der Waals surface area contributed by atoms with E-state index in [2.05, 4.69) is 29.5 Å². The summed E-state index contributed by atoms with van der Waals surface area (Å²) in [5.74, 6) is 0.351. The van der Waals surface area contributed by atoms with Gasteiger partial charge < -0.3 is 20.7 Å². The Morgan fingerprint density at radius 1 is 1.68 bits per heavy atom. The number of hydrogen-bond acceptors (Lipinski definition) is 5. The van der Waals surface area contributed by atoms with Gasteiger partial charge in [0.15, 0.2) is 0 Å². The zero-order valence-electron chi connectivity index (χ0n) is 11.6. The predicted molar refractivity (Wildman–Crippen MR) is 73.2 cm³/mol.